The molecule has 0 atom stereocenters. The predicted molar refractivity (Wildman–Crippen MR) is 55.4 cm³/mol. The van der Waals surface area contributed by atoms with Crippen LogP contribution in [0.5, 0.6) is 5.75 Å². The standard InChI is InChI=1S/C11H15NO/c1-9(2)7-12-8-10-5-3-4-6-11(10)13/h3-6,8-9,13H,7H2,1-2H3. The van der Waals surface area contributed by atoms with Crippen molar-refractivity contribution in [3.8, 4) is 5.75 Å². The van der Waals surface area contributed by atoms with E-state index in [1.54, 1.807) is 18.3 Å². The maximum atomic E-state index is 9.38. The Morgan fingerprint density at radius 2 is 2.08 bits per heavy atom. The summed E-state index contributed by atoms with van der Waals surface area (Å²) in [5.41, 5.74) is 0.781. The molecule has 0 amide bonds. The van der Waals surface area contributed by atoms with E-state index in [1.165, 1.54) is 0 Å². The van der Waals surface area contributed by atoms with Gasteiger partial charge in [-0.05, 0) is 18.1 Å². The number of benzene rings is 1. The molecule has 0 saturated carbocycles. The van der Waals surface area contributed by atoms with Crippen molar-refractivity contribution in [1.82, 2.24) is 0 Å². The van der Waals surface area contributed by atoms with Crippen LogP contribution in [0.25, 0.3) is 0 Å². The Labute approximate surface area is 78.9 Å². The molecule has 0 aliphatic rings. The number of para-hydroxylation sites is 1. The fraction of sp³-hybridized carbons (Fsp3) is 0.364. The minimum absolute atomic E-state index is 0.287. The van der Waals surface area contributed by atoms with E-state index in [2.05, 4.69) is 18.8 Å². The summed E-state index contributed by atoms with van der Waals surface area (Å²) in [4.78, 5) is 4.22. The van der Waals surface area contributed by atoms with Crippen LogP contribution in [0.1, 0.15) is 19.4 Å². The molecular formula is C11H15NO. The number of aromatic hydroxyl groups is 1. The smallest absolute Gasteiger partial charge is 0.124 e. The molecule has 2 heteroatoms. The SMILES string of the molecule is CC(C)CN=Cc1ccccc1O. The molecule has 0 bridgehead atoms. The summed E-state index contributed by atoms with van der Waals surface area (Å²) in [6.07, 6.45) is 1.72. The molecule has 0 saturated heterocycles. The maximum Gasteiger partial charge on any atom is 0.124 e. The van der Waals surface area contributed by atoms with Crippen molar-refractivity contribution in [2.75, 3.05) is 6.54 Å². The third-order valence-electron chi connectivity index (χ3n) is 1.64. The van der Waals surface area contributed by atoms with Crippen LogP contribution in [0.3, 0.4) is 0 Å². The van der Waals surface area contributed by atoms with E-state index in [4.69, 9.17) is 0 Å². The van der Waals surface area contributed by atoms with Crippen molar-refractivity contribution < 1.29 is 5.11 Å². The third-order valence-corrected chi connectivity index (χ3v) is 1.64. The van der Waals surface area contributed by atoms with Crippen LogP contribution < -0.4 is 0 Å². The second-order valence-corrected chi connectivity index (χ2v) is 3.45. The molecule has 13 heavy (non-hydrogen) atoms. The van der Waals surface area contributed by atoms with Gasteiger partial charge in [0, 0.05) is 18.3 Å². The molecule has 0 aliphatic carbocycles. The van der Waals surface area contributed by atoms with Crippen LogP contribution in [0.2, 0.25) is 0 Å². The highest BCUT2D eigenvalue weighted by Crippen LogP contribution is 2.12. The number of phenols is 1. The average molecular weight is 177 g/mol. The molecular weight excluding hydrogens is 162 g/mol. The first kappa shape index (κ1) is 9.78. The molecule has 2 nitrogen and oxygen atoms in total. The summed E-state index contributed by atoms with van der Waals surface area (Å²) < 4.78 is 0. The summed E-state index contributed by atoms with van der Waals surface area (Å²) in [5.74, 6) is 0.845. The maximum absolute atomic E-state index is 9.38. The lowest BCUT2D eigenvalue weighted by molar-refractivity contribution is 0.474. The highest BCUT2D eigenvalue weighted by molar-refractivity contribution is 5.83. The fourth-order valence-electron chi connectivity index (χ4n) is 0.959. The number of aliphatic imine (C=N–C) groups is 1. The summed E-state index contributed by atoms with van der Waals surface area (Å²) in [6, 6.07) is 7.20. The zero-order valence-corrected chi connectivity index (χ0v) is 8.07. The lowest BCUT2D eigenvalue weighted by atomic mass is 10.2. The Morgan fingerprint density at radius 3 is 2.69 bits per heavy atom. The van der Waals surface area contributed by atoms with E-state index in [-0.39, 0.29) is 5.75 Å². The van der Waals surface area contributed by atoms with Gasteiger partial charge < -0.3 is 5.11 Å². The first-order valence-electron chi connectivity index (χ1n) is 4.48. The van der Waals surface area contributed by atoms with E-state index in [9.17, 15) is 5.11 Å². The van der Waals surface area contributed by atoms with Gasteiger partial charge in [0.2, 0.25) is 0 Å². The molecule has 1 aromatic carbocycles. The van der Waals surface area contributed by atoms with Gasteiger partial charge in [0.05, 0.1) is 0 Å². The molecule has 1 N–H and O–H groups in total. The van der Waals surface area contributed by atoms with Crippen molar-refractivity contribution in [1.29, 1.82) is 0 Å². The van der Waals surface area contributed by atoms with Gasteiger partial charge in [-0.3, -0.25) is 4.99 Å². The second kappa shape index (κ2) is 4.65. The largest absolute Gasteiger partial charge is 0.507 e. The molecule has 0 unspecified atom stereocenters. The van der Waals surface area contributed by atoms with Crippen molar-refractivity contribution in [3.05, 3.63) is 29.8 Å². The number of phenolic OH excluding ortho intramolecular Hbond substituents is 1. The van der Waals surface area contributed by atoms with Crippen LogP contribution in [0.4, 0.5) is 0 Å². The van der Waals surface area contributed by atoms with Crippen molar-refractivity contribution >= 4 is 6.21 Å². The first-order chi connectivity index (χ1) is 6.20. The molecule has 1 rings (SSSR count). The molecule has 0 spiro atoms. The molecule has 70 valence electrons. The van der Waals surface area contributed by atoms with E-state index >= 15 is 0 Å². The topological polar surface area (TPSA) is 32.6 Å². The minimum Gasteiger partial charge on any atom is -0.507 e. The van der Waals surface area contributed by atoms with Crippen LogP contribution in [0.15, 0.2) is 29.3 Å². The quantitative estimate of drug-likeness (QED) is 0.707. The van der Waals surface area contributed by atoms with E-state index < -0.39 is 0 Å². The van der Waals surface area contributed by atoms with E-state index in [0.717, 1.165) is 12.1 Å². The Hall–Kier alpha value is -1.31. The van der Waals surface area contributed by atoms with Crippen molar-refractivity contribution in [2.24, 2.45) is 10.9 Å². The Bertz CT molecular complexity index is 292. The van der Waals surface area contributed by atoms with E-state index in [0.29, 0.717) is 5.92 Å². The molecule has 0 aromatic heterocycles. The van der Waals surface area contributed by atoms with Crippen LogP contribution >= 0.6 is 0 Å². The fourth-order valence-corrected chi connectivity index (χ4v) is 0.959. The Morgan fingerprint density at radius 1 is 1.38 bits per heavy atom. The van der Waals surface area contributed by atoms with Crippen LogP contribution in [-0.2, 0) is 0 Å². The van der Waals surface area contributed by atoms with Crippen molar-refractivity contribution in [3.63, 3.8) is 0 Å². The second-order valence-electron chi connectivity index (χ2n) is 3.45. The monoisotopic (exact) mass is 177 g/mol. The summed E-state index contributed by atoms with van der Waals surface area (Å²) in [6.45, 7) is 5.03. The minimum atomic E-state index is 0.287. The zero-order valence-electron chi connectivity index (χ0n) is 8.07. The van der Waals surface area contributed by atoms with Gasteiger partial charge in [-0.1, -0.05) is 26.0 Å². The highest BCUT2D eigenvalue weighted by Gasteiger charge is 1.94. The summed E-state index contributed by atoms with van der Waals surface area (Å²) in [5, 5.41) is 9.38. The van der Waals surface area contributed by atoms with Gasteiger partial charge in [0.25, 0.3) is 0 Å². The predicted octanol–water partition coefficient (Wildman–Crippen LogP) is 2.47. The molecule has 0 heterocycles. The number of rotatable bonds is 3. The Kier molecular flexibility index (Phi) is 3.50. The zero-order chi connectivity index (χ0) is 9.68. The highest BCUT2D eigenvalue weighted by atomic mass is 16.3. The molecule has 0 radical (unpaired) electrons. The van der Waals surface area contributed by atoms with Crippen LogP contribution in [-0.4, -0.2) is 17.9 Å². The normalized spacial score (nSPS) is 11.3. The summed E-state index contributed by atoms with van der Waals surface area (Å²) >= 11 is 0. The van der Waals surface area contributed by atoms with Gasteiger partial charge in [0.15, 0.2) is 0 Å². The van der Waals surface area contributed by atoms with Crippen molar-refractivity contribution in [2.45, 2.75) is 13.8 Å². The molecule has 0 fully saturated rings. The first-order valence-corrected chi connectivity index (χ1v) is 4.48. The van der Waals surface area contributed by atoms with Gasteiger partial charge in [-0.25, -0.2) is 0 Å². The molecule has 0 aliphatic heterocycles. The van der Waals surface area contributed by atoms with Gasteiger partial charge in [-0.15, -0.1) is 0 Å². The molecule has 1 aromatic rings. The average Bonchev–Trinajstić information content (AvgIpc) is 2.08. The Balaban J connectivity index is 2.63. The third kappa shape index (κ3) is 3.28. The number of nitrogens with zero attached hydrogens (tertiary/aromatic N) is 1. The van der Waals surface area contributed by atoms with Gasteiger partial charge >= 0.3 is 0 Å². The number of hydrogen-bond donors (Lipinski definition) is 1. The van der Waals surface area contributed by atoms with Gasteiger partial charge in [-0.2, -0.15) is 0 Å². The number of hydrogen-bond acceptors (Lipinski definition) is 2. The van der Waals surface area contributed by atoms with E-state index in [1.807, 2.05) is 12.1 Å². The van der Waals surface area contributed by atoms with Crippen LogP contribution in [0, 0.1) is 5.92 Å². The lowest BCUT2D eigenvalue weighted by Crippen LogP contribution is -1.92. The lowest BCUT2D eigenvalue weighted by Gasteiger charge is -1.98. The summed E-state index contributed by atoms with van der Waals surface area (Å²) in [7, 11) is 0. The van der Waals surface area contributed by atoms with Gasteiger partial charge in [0.1, 0.15) is 5.75 Å².